The molecule has 2 N–H and O–H groups in total. The highest BCUT2D eigenvalue weighted by molar-refractivity contribution is 5.77. The molecule has 0 amide bonds. The Labute approximate surface area is 188 Å². The molecule has 2 aromatic heterocycles. The van der Waals surface area contributed by atoms with Gasteiger partial charge in [-0.05, 0) is 35.6 Å². The minimum atomic E-state index is -4.91. The lowest BCUT2D eigenvalue weighted by Crippen LogP contribution is -2.50. The monoisotopic (exact) mass is 457 g/mol. The fraction of sp³-hybridized carbons (Fsp3) is 0.280. The summed E-state index contributed by atoms with van der Waals surface area (Å²) in [6.07, 6.45) is -4.75. The van der Waals surface area contributed by atoms with E-state index in [1.165, 1.54) is 30.5 Å². The SMILES string of the molecule is CC(C)(CC(O)(Cc1cc2nc(-c3ccccc3)ncc2[nH]1)C(F)(F)F)c1cccc(F)c1. The van der Waals surface area contributed by atoms with Gasteiger partial charge in [-0.15, -0.1) is 0 Å². The van der Waals surface area contributed by atoms with E-state index < -0.39 is 35.9 Å². The lowest BCUT2D eigenvalue weighted by atomic mass is 9.73. The lowest BCUT2D eigenvalue weighted by Gasteiger charge is -2.37. The number of nitrogens with one attached hydrogen (secondary N) is 1. The first-order valence-corrected chi connectivity index (χ1v) is 10.4. The Bertz CT molecular complexity index is 1270. The molecule has 0 spiro atoms. The van der Waals surface area contributed by atoms with Crippen molar-refractivity contribution < 1.29 is 22.7 Å². The van der Waals surface area contributed by atoms with Crippen molar-refractivity contribution in [1.82, 2.24) is 15.0 Å². The van der Waals surface area contributed by atoms with Gasteiger partial charge in [-0.3, -0.25) is 0 Å². The van der Waals surface area contributed by atoms with Crippen molar-refractivity contribution in [2.45, 2.75) is 43.9 Å². The third-order valence-electron chi connectivity index (χ3n) is 5.81. The van der Waals surface area contributed by atoms with Crippen molar-refractivity contribution in [2.24, 2.45) is 0 Å². The van der Waals surface area contributed by atoms with E-state index in [4.69, 9.17) is 0 Å². The summed E-state index contributed by atoms with van der Waals surface area (Å²) < 4.78 is 56.0. The van der Waals surface area contributed by atoms with Crippen LogP contribution in [0.2, 0.25) is 0 Å². The maximum absolute atomic E-state index is 14.1. The molecule has 2 aromatic carbocycles. The molecule has 4 rings (SSSR count). The summed E-state index contributed by atoms with van der Waals surface area (Å²) >= 11 is 0. The van der Waals surface area contributed by atoms with Gasteiger partial charge in [0.05, 0.1) is 17.2 Å². The van der Waals surface area contributed by atoms with Crippen molar-refractivity contribution in [3.63, 3.8) is 0 Å². The molecule has 1 atom stereocenters. The highest BCUT2D eigenvalue weighted by Crippen LogP contribution is 2.43. The third kappa shape index (κ3) is 4.75. The minimum absolute atomic E-state index is 0.180. The van der Waals surface area contributed by atoms with Crippen LogP contribution < -0.4 is 0 Å². The van der Waals surface area contributed by atoms with Gasteiger partial charge in [0, 0.05) is 17.7 Å². The smallest absolute Gasteiger partial charge is 0.380 e. The first-order valence-electron chi connectivity index (χ1n) is 10.4. The molecule has 0 saturated heterocycles. The van der Waals surface area contributed by atoms with Crippen LogP contribution in [-0.2, 0) is 11.8 Å². The Balaban J connectivity index is 1.66. The summed E-state index contributed by atoms with van der Waals surface area (Å²) in [4.78, 5) is 11.6. The number of rotatable bonds is 6. The van der Waals surface area contributed by atoms with Crippen LogP contribution in [-0.4, -0.2) is 31.8 Å². The zero-order valence-corrected chi connectivity index (χ0v) is 18.1. The summed E-state index contributed by atoms with van der Waals surface area (Å²) in [6.45, 7) is 3.11. The lowest BCUT2D eigenvalue weighted by molar-refractivity contribution is -0.266. The van der Waals surface area contributed by atoms with E-state index in [0.717, 1.165) is 5.56 Å². The molecule has 0 radical (unpaired) electrons. The van der Waals surface area contributed by atoms with Crippen LogP contribution in [0.4, 0.5) is 17.6 Å². The van der Waals surface area contributed by atoms with Crippen molar-refractivity contribution in [3.8, 4) is 11.4 Å². The second-order valence-electron chi connectivity index (χ2n) is 8.93. The number of nitrogens with zero attached hydrogens (tertiary/aromatic N) is 2. The molecule has 1 unspecified atom stereocenters. The van der Waals surface area contributed by atoms with Crippen molar-refractivity contribution in [1.29, 1.82) is 0 Å². The molecule has 0 aliphatic heterocycles. The molecule has 0 bridgehead atoms. The van der Waals surface area contributed by atoms with Crippen LogP contribution in [0.3, 0.4) is 0 Å². The van der Waals surface area contributed by atoms with Gasteiger partial charge in [0.15, 0.2) is 11.4 Å². The number of hydrogen-bond acceptors (Lipinski definition) is 3. The van der Waals surface area contributed by atoms with E-state index in [2.05, 4.69) is 15.0 Å². The molecule has 33 heavy (non-hydrogen) atoms. The van der Waals surface area contributed by atoms with E-state index in [1.807, 2.05) is 30.3 Å². The molecule has 0 saturated carbocycles. The number of aliphatic hydroxyl groups is 1. The number of benzene rings is 2. The second-order valence-corrected chi connectivity index (χ2v) is 8.93. The molecule has 0 aliphatic rings. The minimum Gasteiger partial charge on any atom is -0.380 e. The van der Waals surface area contributed by atoms with Crippen LogP contribution in [0.1, 0.15) is 31.5 Å². The molecule has 4 nitrogen and oxygen atoms in total. The number of alkyl halides is 3. The number of halogens is 4. The van der Waals surface area contributed by atoms with Crippen LogP contribution in [0, 0.1) is 5.82 Å². The number of H-pyrrole nitrogens is 1. The van der Waals surface area contributed by atoms with Crippen molar-refractivity contribution >= 4 is 11.0 Å². The summed E-state index contributed by atoms with van der Waals surface area (Å²) in [5, 5.41) is 10.9. The van der Waals surface area contributed by atoms with Gasteiger partial charge in [-0.2, -0.15) is 13.2 Å². The normalized spacial score (nSPS) is 14.4. The summed E-state index contributed by atoms with van der Waals surface area (Å²) in [5.41, 5.74) is -1.92. The Kier molecular flexibility index (Phi) is 5.74. The predicted octanol–water partition coefficient (Wildman–Crippen LogP) is 5.97. The van der Waals surface area contributed by atoms with Crippen LogP contribution in [0.5, 0.6) is 0 Å². The van der Waals surface area contributed by atoms with E-state index in [9.17, 15) is 22.7 Å². The predicted molar refractivity (Wildman–Crippen MR) is 118 cm³/mol. The Hall–Kier alpha value is -3.26. The van der Waals surface area contributed by atoms with Crippen LogP contribution in [0.15, 0.2) is 66.9 Å². The first kappa shape index (κ1) is 22.9. The zero-order valence-electron chi connectivity index (χ0n) is 18.1. The van der Waals surface area contributed by atoms with E-state index >= 15 is 0 Å². The molecule has 4 aromatic rings. The van der Waals surface area contributed by atoms with Gasteiger partial charge >= 0.3 is 6.18 Å². The largest absolute Gasteiger partial charge is 0.417 e. The Morgan fingerprint density at radius 1 is 0.970 bits per heavy atom. The molecule has 8 heteroatoms. The van der Waals surface area contributed by atoms with E-state index in [1.54, 1.807) is 19.9 Å². The highest BCUT2D eigenvalue weighted by atomic mass is 19.4. The molecule has 0 fully saturated rings. The fourth-order valence-electron chi connectivity index (χ4n) is 4.12. The topological polar surface area (TPSA) is 61.8 Å². The number of fused-ring (bicyclic) bond motifs is 1. The fourth-order valence-corrected chi connectivity index (χ4v) is 4.12. The molecular weight excluding hydrogens is 434 g/mol. The van der Waals surface area contributed by atoms with Crippen LogP contribution >= 0.6 is 0 Å². The summed E-state index contributed by atoms with van der Waals surface area (Å²) in [5.74, 6) is -0.0912. The average Bonchev–Trinajstić information content (AvgIpc) is 3.14. The van der Waals surface area contributed by atoms with Gasteiger partial charge in [0.25, 0.3) is 0 Å². The van der Waals surface area contributed by atoms with Gasteiger partial charge in [0.2, 0.25) is 0 Å². The quantitative estimate of drug-likeness (QED) is 0.351. The van der Waals surface area contributed by atoms with Gasteiger partial charge in [-0.25, -0.2) is 14.4 Å². The molecule has 172 valence electrons. The first-order chi connectivity index (χ1) is 15.5. The highest BCUT2D eigenvalue weighted by Gasteiger charge is 2.56. The van der Waals surface area contributed by atoms with Gasteiger partial charge in [0.1, 0.15) is 5.82 Å². The van der Waals surface area contributed by atoms with E-state index in [-0.39, 0.29) is 5.69 Å². The van der Waals surface area contributed by atoms with Gasteiger partial charge < -0.3 is 10.1 Å². The van der Waals surface area contributed by atoms with Crippen LogP contribution in [0.25, 0.3) is 22.4 Å². The molecular formula is C25H23F4N3O. The summed E-state index contributed by atoms with van der Waals surface area (Å²) in [7, 11) is 0. The Morgan fingerprint density at radius 2 is 1.70 bits per heavy atom. The van der Waals surface area contributed by atoms with E-state index in [0.29, 0.717) is 22.4 Å². The second kappa shape index (κ2) is 8.26. The standard InChI is InChI=1S/C25H23F4N3O/c1-23(2,17-9-6-10-18(26)11-17)15-24(33,25(27,28)29)13-19-12-20-21(31-19)14-30-22(32-20)16-7-4-3-5-8-16/h3-12,14,31,33H,13,15H2,1-2H3. The maximum Gasteiger partial charge on any atom is 0.417 e. The molecule has 2 heterocycles. The zero-order chi connectivity index (χ0) is 23.9. The molecule has 0 aliphatic carbocycles. The third-order valence-corrected chi connectivity index (χ3v) is 5.81. The average molecular weight is 457 g/mol. The number of aromatic amines is 1. The van der Waals surface area contributed by atoms with Gasteiger partial charge in [-0.1, -0.05) is 56.3 Å². The number of hydrogen-bond donors (Lipinski definition) is 2. The van der Waals surface area contributed by atoms with Crippen molar-refractivity contribution in [3.05, 3.63) is 83.9 Å². The number of aromatic nitrogens is 3. The van der Waals surface area contributed by atoms with Crippen molar-refractivity contribution in [2.75, 3.05) is 0 Å². The summed E-state index contributed by atoms with van der Waals surface area (Å²) in [6, 6.07) is 16.1. The Morgan fingerprint density at radius 3 is 2.36 bits per heavy atom. The maximum atomic E-state index is 14.1.